The van der Waals surface area contributed by atoms with Gasteiger partial charge in [-0.1, -0.05) is 0 Å². The summed E-state index contributed by atoms with van der Waals surface area (Å²) in [4.78, 5) is 27.4. The van der Waals surface area contributed by atoms with Crippen molar-refractivity contribution >= 4 is 23.2 Å². The van der Waals surface area contributed by atoms with Crippen LogP contribution in [0.25, 0.3) is 0 Å². The second kappa shape index (κ2) is 7.35. The van der Waals surface area contributed by atoms with E-state index in [1.807, 2.05) is 0 Å². The van der Waals surface area contributed by atoms with Crippen molar-refractivity contribution in [2.24, 2.45) is 5.92 Å². The Kier molecular flexibility index (Phi) is 5.49. The first kappa shape index (κ1) is 14.9. The molecule has 0 saturated carbocycles. The Labute approximate surface area is 121 Å². The van der Waals surface area contributed by atoms with Gasteiger partial charge in [-0.05, 0) is 25.7 Å². The first-order valence-corrected chi connectivity index (χ1v) is 7.57. The van der Waals surface area contributed by atoms with Crippen molar-refractivity contribution in [2.45, 2.75) is 19.8 Å². The standard InChI is InChI=1S/C13H18N2O4S/c1-2-19-13(17)12-15-10(8-20-12)11(16)14-6-9-4-3-5-18-7-9/h8-9H,2-7H2,1H3,(H,14,16). The fraction of sp³-hybridized carbons (Fsp3) is 0.615. The monoisotopic (exact) mass is 298 g/mol. The third-order valence-corrected chi connectivity index (χ3v) is 3.82. The van der Waals surface area contributed by atoms with E-state index in [9.17, 15) is 9.59 Å². The summed E-state index contributed by atoms with van der Waals surface area (Å²) < 4.78 is 10.2. The zero-order valence-corrected chi connectivity index (χ0v) is 12.2. The molecule has 0 aromatic carbocycles. The predicted molar refractivity (Wildman–Crippen MR) is 73.9 cm³/mol. The molecule has 1 unspecified atom stereocenters. The molecule has 1 atom stereocenters. The van der Waals surface area contributed by atoms with Crippen LogP contribution in [0.5, 0.6) is 0 Å². The normalized spacial score (nSPS) is 18.6. The first-order chi connectivity index (χ1) is 9.70. The molecule has 20 heavy (non-hydrogen) atoms. The molecule has 1 saturated heterocycles. The predicted octanol–water partition coefficient (Wildman–Crippen LogP) is 1.48. The Hall–Kier alpha value is -1.47. The molecule has 1 aromatic heterocycles. The summed E-state index contributed by atoms with van der Waals surface area (Å²) in [6, 6.07) is 0. The molecule has 2 rings (SSSR count). The third-order valence-electron chi connectivity index (χ3n) is 2.99. The Morgan fingerprint density at radius 2 is 2.45 bits per heavy atom. The third kappa shape index (κ3) is 4.01. The molecule has 0 aliphatic carbocycles. The summed E-state index contributed by atoms with van der Waals surface area (Å²) in [5.74, 6) is -0.393. The van der Waals surface area contributed by atoms with Crippen LogP contribution in [-0.4, -0.2) is 43.2 Å². The van der Waals surface area contributed by atoms with Crippen molar-refractivity contribution in [3.8, 4) is 0 Å². The van der Waals surface area contributed by atoms with E-state index in [0.29, 0.717) is 25.7 Å². The Morgan fingerprint density at radius 3 is 3.15 bits per heavy atom. The van der Waals surface area contributed by atoms with Crippen LogP contribution < -0.4 is 5.32 Å². The maximum absolute atomic E-state index is 11.9. The van der Waals surface area contributed by atoms with Crippen LogP contribution in [0, 0.1) is 5.92 Å². The van der Waals surface area contributed by atoms with Crippen molar-refractivity contribution in [1.29, 1.82) is 0 Å². The van der Waals surface area contributed by atoms with Gasteiger partial charge in [0.1, 0.15) is 5.69 Å². The fourth-order valence-electron chi connectivity index (χ4n) is 1.96. The number of hydrogen-bond donors (Lipinski definition) is 1. The number of esters is 1. The van der Waals surface area contributed by atoms with Crippen LogP contribution in [0.3, 0.4) is 0 Å². The van der Waals surface area contributed by atoms with Crippen molar-refractivity contribution in [3.63, 3.8) is 0 Å². The largest absolute Gasteiger partial charge is 0.461 e. The molecule has 0 bridgehead atoms. The van der Waals surface area contributed by atoms with Gasteiger partial charge in [0, 0.05) is 18.5 Å². The van der Waals surface area contributed by atoms with E-state index in [4.69, 9.17) is 9.47 Å². The second-order valence-corrected chi connectivity index (χ2v) is 5.41. The van der Waals surface area contributed by atoms with Crippen LogP contribution in [0.2, 0.25) is 0 Å². The average molecular weight is 298 g/mol. The van der Waals surface area contributed by atoms with Gasteiger partial charge in [0.05, 0.1) is 13.2 Å². The molecule has 1 N–H and O–H groups in total. The van der Waals surface area contributed by atoms with Gasteiger partial charge in [0.25, 0.3) is 5.91 Å². The van der Waals surface area contributed by atoms with Gasteiger partial charge in [-0.15, -0.1) is 11.3 Å². The maximum Gasteiger partial charge on any atom is 0.367 e. The molecule has 6 nitrogen and oxygen atoms in total. The highest BCUT2D eigenvalue weighted by molar-refractivity contribution is 7.11. The van der Waals surface area contributed by atoms with Gasteiger partial charge in [0.15, 0.2) is 0 Å². The molecule has 2 heterocycles. The van der Waals surface area contributed by atoms with Crippen molar-refractivity contribution in [1.82, 2.24) is 10.3 Å². The molecule has 1 aromatic rings. The number of nitrogens with one attached hydrogen (secondary N) is 1. The number of thiazole rings is 1. The van der Waals surface area contributed by atoms with Crippen LogP contribution in [-0.2, 0) is 9.47 Å². The highest BCUT2D eigenvalue weighted by atomic mass is 32.1. The molecule has 1 fully saturated rings. The smallest absolute Gasteiger partial charge is 0.367 e. The lowest BCUT2D eigenvalue weighted by atomic mass is 10.0. The lowest BCUT2D eigenvalue weighted by molar-refractivity contribution is 0.0526. The molecule has 1 amide bonds. The summed E-state index contributed by atoms with van der Waals surface area (Å²) in [7, 11) is 0. The number of carbonyl (C=O) groups excluding carboxylic acids is 2. The molecule has 0 spiro atoms. The van der Waals surface area contributed by atoms with E-state index >= 15 is 0 Å². The molecular weight excluding hydrogens is 280 g/mol. The zero-order valence-electron chi connectivity index (χ0n) is 11.4. The van der Waals surface area contributed by atoms with Crippen LogP contribution in [0.1, 0.15) is 40.1 Å². The molecule has 0 radical (unpaired) electrons. The number of aromatic nitrogens is 1. The van der Waals surface area contributed by atoms with E-state index in [0.717, 1.165) is 30.8 Å². The van der Waals surface area contributed by atoms with Crippen molar-refractivity contribution in [2.75, 3.05) is 26.4 Å². The lowest BCUT2D eigenvalue weighted by Gasteiger charge is -2.21. The summed E-state index contributed by atoms with van der Waals surface area (Å²) >= 11 is 1.12. The Morgan fingerprint density at radius 1 is 1.60 bits per heavy atom. The zero-order chi connectivity index (χ0) is 14.4. The van der Waals surface area contributed by atoms with E-state index in [1.165, 1.54) is 0 Å². The van der Waals surface area contributed by atoms with Gasteiger partial charge in [-0.3, -0.25) is 4.79 Å². The average Bonchev–Trinajstić information content (AvgIpc) is 2.96. The number of hydrogen-bond acceptors (Lipinski definition) is 6. The topological polar surface area (TPSA) is 77.5 Å². The van der Waals surface area contributed by atoms with E-state index < -0.39 is 5.97 Å². The van der Waals surface area contributed by atoms with Crippen LogP contribution in [0.15, 0.2) is 5.38 Å². The van der Waals surface area contributed by atoms with Gasteiger partial charge in [-0.2, -0.15) is 0 Å². The van der Waals surface area contributed by atoms with Crippen molar-refractivity contribution < 1.29 is 19.1 Å². The Bertz CT molecular complexity index is 469. The molecule has 1 aliphatic rings. The van der Waals surface area contributed by atoms with Gasteiger partial charge >= 0.3 is 5.97 Å². The highest BCUT2D eigenvalue weighted by Gasteiger charge is 2.18. The van der Waals surface area contributed by atoms with E-state index in [-0.39, 0.29) is 16.6 Å². The number of carbonyl (C=O) groups is 2. The highest BCUT2D eigenvalue weighted by Crippen LogP contribution is 2.14. The maximum atomic E-state index is 11.9. The molecule has 1 aliphatic heterocycles. The van der Waals surface area contributed by atoms with Crippen LogP contribution in [0.4, 0.5) is 0 Å². The minimum Gasteiger partial charge on any atom is -0.461 e. The second-order valence-electron chi connectivity index (χ2n) is 4.55. The summed E-state index contributed by atoms with van der Waals surface area (Å²) in [5, 5.41) is 4.60. The lowest BCUT2D eigenvalue weighted by Crippen LogP contribution is -2.33. The molecule has 110 valence electrons. The summed E-state index contributed by atoms with van der Waals surface area (Å²) in [6.45, 7) is 4.09. The minimum absolute atomic E-state index is 0.206. The number of nitrogens with zero attached hydrogens (tertiary/aromatic N) is 1. The van der Waals surface area contributed by atoms with Gasteiger partial charge < -0.3 is 14.8 Å². The van der Waals surface area contributed by atoms with E-state index in [2.05, 4.69) is 10.3 Å². The number of amides is 1. The van der Waals surface area contributed by atoms with Gasteiger partial charge in [-0.25, -0.2) is 9.78 Å². The van der Waals surface area contributed by atoms with Gasteiger partial charge in [0.2, 0.25) is 5.01 Å². The first-order valence-electron chi connectivity index (χ1n) is 6.69. The Balaban J connectivity index is 1.84. The quantitative estimate of drug-likeness (QED) is 0.833. The number of rotatable bonds is 5. The van der Waals surface area contributed by atoms with Crippen molar-refractivity contribution in [3.05, 3.63) is 16.1 Å². The summed E-state index contributed by atoms with van der Waals surface area (Å²) in [5.41, 5.74) is 0.259. The number of ether oxygens (including phenoxy) is 2. The molecule has 7 heteroatoms. The fourth-order valence-corrected chi connectivity index (χ4v) is 2.65. The van der Waals surface area contributed by atoms with E-state index in [1.54, 1.807) is 12.3 Å². The minimum atomic E-state index is -0.489. The van der Waals surface area contributed by atoms with Crippen LogP contribution >= 0.6 is 11.3 Å². The summed E-state index contributed by atoms with van der Waals surface area (Å²) in [6.07, 6.45) is 2.09. The molecular formula is C13H18N2O4S. The SMILES string of the molecule is CCOC(=O)c1nc(C(=O)NCC2CCCOC2)cs1.